The van der Waals surface area contributed by atoms with Gasteiger partial charge in [-0.2, -0.15) is 22.0 Å². The average Bonchev–Trinajstić information content (AvgIpc) is 3.06. The highest BCUT2D eigenvalue weighted by molar-refractivity contribution is 7.88. The number of alkyl halides is 5. The highest BCUT2D eigenvalue weighted by Crippen LogP contribution is 2.49. The van der Waals surface area contributed by atoms with Crippen LogP contribution in [0.2, 0.25) is 0 Å². The van der Waals surface area contributed by atoms with Crippen molar-refractivity contribution >= 4 is 21.6 Å². The molecule has 1 N–H and O–H groups in total. The van der Waals surface area contributed by atoms with Gasteiger partial charge in [0.05, 0.1) is 18.5 Å². The number of hydrogen-bond donors (Lipinski definition) is 1. The molecule has 188 valence electrons. The summed E-state index contributed by atoms with van der Waals surface area (Å²) >= 11 is 0. The Kier molecular flexibility index (Phi) is 5.75. The Balaban J connectivity index is 1.96. The molecule has 0 bridgehead atoms. The molecule has 4 rings (SSSR count). The summed E-state index contributed by atoms with van der Waals surface area (Å²) in [5.41, 5.74) is -1.54. The van der Waals surface area contributed by atoms with Crippen molar-refractivity contribution in [3.63, 3.8) is 0 Å². The van der Waals surface area contributed by atoms with Crippen LogP contribution in [-0.2, 0) is 22.5 Å². The van der Waals surface area contributed by atoms with Crippen LogP contribution in [0.3, 0.4) is 0 Å². The first-order chi connectivity index (χ1) is 16.0. The number of benzene rings is 2. The van der Waals surface area contributed by atoms with Crippen LogP contribution in [0.25, 0.3) is 5.70 Å². The number of rotatable bonds is 5. The van der Waals surface area contributed by atoms with Crippen molar-refractivity contribution in [1.29, 1.82) is 0 Å². The molecule has 2 aromatic carbocycles. The molecule has 1 amide bonds. The summed E-state index contributed by atoms with van der Waals surface area (Å²) in [5.74, 6) is -5.67. The van der Waals surface area contributed by atoms with Crippen LogP contribution >= 0.6 is 0 Å². The summed E-state index contributed by atoms with van der Waals surface area (Å²) in [7, 11) is -3.73. The lowest BCUT2D eigenvalue weighted by Crippen LogP contribution is -2.43. The van der Waals surface area contributed by atoms with Gasteiger partial charge in [0.15, 0.2) is 0 Å². The molecule has 35 heavy (non-hydrogen) atoms. The first kappa shape index (κ1) is 25.1. The van der Waals surface area contributed by atoms with E-state index in [1.807, 2.05) is 0 Å². The fourth-order valence-electron chi connectivity index (χ4n) is 4.19. The van der Waals surface area contributed by atoms with Crippen molar-refractivity contribution in [3.8, 4) is 5.75 Å². The quantitative estimate of drug-likeness (QED) is 0.597. The van der Waals surface area contributed by atoms with Crippen LogP contribution < -0.4 is 9.46 Å². The SMILES string of the molecule is CC1(C)Oc2ccc(C(F)(F)C(F)(F)F)cc2C(N2Cc3ccccc3C2=O)=C1CNS(C)(=O)=O. The van der Waals surface area contributed by atoms with Crippen molar-refractivity contribution in [3.05, 3.63) is 70.3 Å². The Hall–Kier alpha value is -2.99. The fraction of sp³-hybridized carbons (Fsp3) is 0.348. The smallest absolute Gasteiger partial charge is 0.458 e. The molecule has 2 heterocycles. The van der Waals surface area contributed by atoms with E-state index < -0.39 is 39.2 Å². The summed E-state index contributed by atoms with van der Waals surface area (Å²) in [4.78, 5) is 14.5. The molecule has 2 aromatic rings. The number of carbonyl (C=O) groups excluding carboxylic acids is 1. The van der Waals surface area contributed by atoms with Crippen molar-refractivity contribution in [1.82, 2.24) is 9.62 Å². The molecular formula is C23H21F5N2O4S. The zero-order valence-corrected chi connectivity index (χ0v) is 19.7. The Morgan fingerprint density at radius 1 is 1.06 bits per heavy atom. The lowest BCUT2D eigenvalue weighted by Gasteiger charge is -2.40. The van der Waals surface area contributed by atoms with Crippen molar-refractivity contribution < 1.29 is 39.9 Å². The topological polar surface area (TPSA) is 75.7 Å². The Morgan fingerprint density at radius 3 is 2.31 bits per heavy atom. The van der Waals surface area contributed by atoms with Gasteiger partial charge in [-0.05, 0) is 43.7 Å². The number of ether oxygens (including phenoxy) is 1. The second-order valence-electron chi connectivity index (χ2n) is 8.86. The largest absolute Gasteiger partial charge is 0.483 e. The monoisotopic (exact) mass is 516 g/mol. The molecule has 0 radical (unpaired) electrons. The third kappa shape index (κ3) is 4.40. The molecule has 2 aliphatic rings. The van der Waals surface area contributed by atoms with Crippen LogP contribution in [0.5, 0.6) is 5.75 Å². The molecule has 0 aliphatic carbocycles. The van der Waals surface area contributed by atoms with Gasteiger partial charge in [0.25, 0.3) is 5.91 Å². The third-order valence-corrected chi connectivity index (χ3v) is 6.60. The minimum Gasteiger partial charge on any atom is -0.483 e. The molecule has 0 spiro atoms. The van der Waals surface area contributed by atoms with Gasteiger partial charge in [0.1, 0.15) is 11.4 Å². The van der Waals surface area contributed by atoms with Gasteiger partial charge in [0.2, 0.25) is 10.0 Å². The fourth-order valence-corrected chi connectivity index (χ4v) is 4.60. The van der Waals surface area contributed by atoms with Crippen LogP contribution in [0.1, 0.15) is 40.9 Å². The number of carbonyl (C=O) groups is 1. The van der Waals surface area contributed by atoms with Crippen LogP contribution in [0.4, 0.5) is 22.0 Å². The molecule has 0 unspecified atom stereocenters. The van der Waals surface area contributed by atoms with E-state index >= 15 is 0 Å². The van der Waals surface area contributed by atoms with E-state index in [1.165, 1.54) is 4.90 Å². The minimum absolute atomic E-state index is 0.0152. The lowest BCUT2D eigenvalue weighted by molar-refractivity contribution is -0.289. The predicted octanol–water partition coefficient (Wildman–Crippen LogP) is 4.43. The molecule has 0 fully saturated rings. The highest BCUT2D eigenvalue weighted by Gasteiger charge is 2.59. The molecule has 2 aliphatic heterocycles. The van der Waals surface area contributed by atoms with Gasteiger partial charge >= 0.3 is 12.1 Å². The maximum Gasteiger partial charge on any atom is 0.458 e. The number of nitrogens with zero attached hydrogens (tertiary/aromatic N) is 1. The van der Waals surface area contributed by atoms with E-state index in [-0.39, 0.29) is 35.7 Å². The second kappa shape index (κ2) is 8.02. The number of amides is 1. The molecule has 12 heteroatoms. The van der Waals surface area contributed by atoms with E-state index in [2.05, 4.69) is 4.72 Å². The van der Waals surface area contributed by atoms with E-state index in [4.69, 9.17) is 4.74 Å². The first-order valence-electron chi connectivity index (χ1n) is 10.4. The first-order valence-corrected chi connectivity index (χ1v) is 12.3. The second-order valence-corrected chi connectivity index (χ2v) is 10.7. The maximum atomic E-state index is 14.2. The van der Waals surface area contributed by atoms with Crippen LogP contribution in [0.15, 0.2) is 48.0 Å². The predicted molar refractivity (Wildman–Crippen MR) is 117 cm³/mol. The summed E-state index contributed by atoms with van der Waals surface area (Å²) in [6.07, 6.45) is -4.93. The lowest BCUT2D eigenvalue weighted by atomic mass is 9.87. The Labute approximate surface area is 198 Å². The van der Waals surface area contributed by atoms with Crippen molar-refractivity contribution in [2.75, 3.05) is 12.8 Å². The number of hydrogen-bond acceptors (Lipinski definition) is 4. The minimum atomic E-state index is -5.85. The van der Waals surface area contributed by atoms with E-state index in [0.717, 1.165) is 12.3 Å². The maximum absolute atomic E-state index is 14.2. The molecular weight excluding hydrogens is 495 g/mol. The van der Waals surface area contributed by atoms with Gasteiger partial charge in [-0.1, -0.05) is 18.2 Å². The van der Waals surface area contributed by atoms with Crippen molar-refractivity contribution in [2.45, 2.75) is 38.1 Å². The van der Waals surface area contributed by atoms with Gasteiger partial charge in [-0.3, -0.25) is 4.79 Å². The van der Waals surface area contributed by atoms with Crippen molar-refractivity contribution in [2.24, 2.45) is 0 Å². The van der Waals surface area contributed by atoms with E-state index in [0.29, 0.717) is 23.3 Å². The van der Waals surface area contributed by atoms with E-state index in [1.54, 1.807) is 38.1 Å². The normalized spacial score (nSPS) is 17.8. The zero-order valence-electron chi connectivity index (χ0n) is 18.8. The summed E-state index contributed by atoms with van der Waals surface area (Å²) < 4.78 is 99.6. The standard InChI is InChI=1S/C23H21F5N2O4S/c1-21(2)17(11-29-35(3,32)33)19(30-12-13-6-4-5-7-15(13)20(30)31)16-10-14(8-9-18(16)34-21)22(24,25)23(26,27)28/h4-10,29H,11-12H2,1-3H3. The summed E-state index contributed by atoms with van der Waals surface area (Å²) in [6, 6.07) is 8.89. The van der Waals surface area contributed by atoms with E-state index in [9.17, 15) is 35.2 Å². The molecule has 0 aromatic heterocycles. The number of fused-ring (bicyclic) bond motifs is 2. The van der Waals surface area contributed by atoms with Crippen LogP contribution in [0, 0.1) is 0 Å². The number of halogens is 5. The molecule has 0 atom stereocenters. The number of nitrogens with one attached hydrogen (secondary N) is 1. The Morgan fingerprint density at radius 2 is 1.71 bits per heavy atom. The highest BCUT2D eigenvalue weighted by atomic mass is 32.2. The third-order valence-electron chi connectivity index (χ3n) is 5.93. The molecule has 0 saturated carbocycles. The average molecular weight is 516 g/mol. The van der Waals surface area contributed by atoms with Crippen LogP contribution in [-0.4, -0.2) is 43.8 Å². The van der Waals surface area contributed by atoms with Gasteiger partial charge in [-0.25, -0.2) is 13.1 Å². The Bertz CT molecular complexity index is 1350. The van der Waals surface area contributed by atoms with Gasteiger partial charge in [-0.15, -0.1) is 0 Å². The molecule has 6 nitrogen and oxygen atoms in total. The zero-order chi connectivity index (χ0) is 26.0. The summed E-state index contributed by atoms with van der Waals surface area (Å²) in [6.45, 7) is 2.82. The van der Waals surface area contributed by atoms with Gasteiger partial charge in [0, 0.05) is 28.8 Å². The summed E-state index contributed by atoms with van der Waals surface area (Å²) in [5, 5.41) is 0. The molecule has 0 saturated heterocycles. The number of sulfonamides is 1. The van der Waals surface area contributed by atoms with Gasteiger partial charge < -0.3 is 9.64 Å².